The summed E-state index contributed by atoms with van der Waals surface area (Å²) in [5.41, 5.74) is 0.678. The van der Waals surface area contributed by atoms with Crippen LogP contribution in [0.2, 0.25) is 0 Å². The van der Waals surface area contributed by atoms with E-state index in [-0.39, 0.29) is 17.7 Å². The van der Waals surface area contributed by atoms with E-state index in [1.54, 1.807) is 13.8 Å². The highest BCUT2D eigenvalue weighted by Crippen LogP contribution is 2.17. The molecule has 0 amide bonds. The van der Waals surface area contributed by atoms with Crippen LogP contribution in [-0.2, 0) is 9.53 Å². The number of hydrogen-bond donors (Lipinski definition) is 0. The molecule has 0 aliphatic rings. The van der Waals surface area contributed by atoms with Crippen LogP contribution in [0.15, 0.2) is 12.1 Å². The number of halogens is 1. The van der Waals surface area contributed by atoms with E-state index in [0.717, 1.165) is 0 Å². The van der Waals surface area contributed by atoms with Gasteiger partial charge in [0.15, 0.2) is 0 Å². The van der Waals surface area contributed by atoms with E-state index in [4.69, 9.17) is 0 Å². The fourth-order valence-electron chi connectivity index (χ4n) is 1.37. The van der Waals surface area contributed by atoms with E-state index < -0.39 is 17.6 Å². The van der Waals surface area contributed by atoms with Crippen molar-refractivity contribution in [1.82, 2.24) is 0 Å². The van der Waals surface area contributed by atoms with E-state index >= 15 is 0 Å². The molecular weight excluding hydrogens is 211 g/mol. The predicted octanol–water partition coefficient (Wildman–Crippen LogP) is 2.19. The molecule has 0 aromatic heterocycles. The maximum absolute atomic E-state index is 13.5. The molecule has 0 radical (unpaired) electrons. The molecule has 0 saturated heterocycles. The Morgan fingerprint density at radius 3 is 2.50 bits per heavy atom. The Balaban J connectivity index is 3.10. The van der Waals surface area contributed by atoms with Crippen molar-refractivity contribution in [2.45, 2.75) is 20.8 Å². The van der Waals surface area contributed by atoms with Gasteiger partial charge in [-0.2, -0.15) is 0 Å². The maximum Gasteiger partial charge on any atom is 0.379 e. The van der Waals surface area contributed by atoms with Gasteiger partial charge in [-0.25, -0.2) is 9.18 Å². The van der Waals surface area contributed by atoms with E-state index in [1.165, 1.54) is 19.1 Å². The fourth-order valence-corrected chi connectivity index (χ4v) is 1.37. The number of Topliss-reactive ketones (excluding diaryl/α,β-unsaturated/α-hetero) is 1. The van der Waals surface area contributed by atoms with Crippen LogP contribution in [0.25, 0.3) is 0 Å². The second-order valence-corrected chi connectivity index (χ2v) is 3.42. The van der Waals surface area contributed by atoms with E-state index in [9.17, 15) is 14.0 Å². The van der Waals surface area contributed by atoms with Crippen molar-refractivity contribution in [3.05, 3.63) is 34.6 Å². The highest BCUT2D eigenvalue weighted by Gasteiger charge is 2.21. The highest BCUT2D eigenvalue weighted by atomic mass is 19.1. The van der Waals surface area contributed by atoms with Crippen molar-refractivity contribution < 1.29 is 18.7 Å². The Kier molecular flexibility index (Phi) is 3.77. The maximum atomic E-state index is 13.5. The summed E-state index contributed by atoms with van der Waals surface area (Å²) in [5.74, 6) is -2.22. The molecule has 0 fully saturated rings. The van der Waals surface area contributed by atoms with Crippen molar-refractivity contribution in [3.8, 4) is 0 Å². The summed E-state index contributed by atoms with van der Waals surface area (Å²) in [6.45, 7) is 4.79. The predicted molar refractivity (Wildman–Crippen MR) is 56.8 cm³/mol. The number of carbonyl (C=O) groups excluding carboxylic acids is 2. The monoisotopic (exact) mass is 224 g/mol. The largest absolute Gasteiger partial charge is 0.460 e. The first-order chi connectivity index (χ1) is 7.49. The number of esters is 1. The minimum Gasteiger partial charge on any atom is -0.460 e. The van der Waals surface area contributed by atoms with Crippen LogP contribution >= 0.6 is 0 Å². The quantitative estimate of drug-likeness (QED) is 0.449. The second-order valence-electron chi connectivity index (χ2n) is 3.42. The van der Waals surface area contributed by atoms with Crippen LogP contribution in [-0.4, -0.2) is 18.4 Å². The van der Waals surface area contributed by atoms with Gasteiger partial charge >= 0.3 is 5.97 Å². The van der Waals surface area contributed by atoms with Crippen LogP contribution in [0, 0.1) is 19.7 Å². The number of aryl methyl sites for hydroxylation is 1. The van der Waals surface area contributed by atoms with Gasteiger partial charge in [-0.05, 0) is 31.9 Å². The van der Waals surface area contributed by atoms with Gasteiger partial charge in [-0.15, -0.1) is 0 Å². The molecule has 86 valence electrons. The number of ether oxygens (including phenoxy) is 1. The molecule has 0 atom stereocenters. The van der Waals surface area contributed by atoms with Crippen molar-refractivity contribution in [1.29, 1.82) is 0 Å². The van der Waals surface area contributed by atoms with Gasteiger partial charge in [0.25, 0.3) is 5.78 Å². The molecule has 0 N–H and O–H groups in total. The second kappa shape index (κ2) is 4.88. The zero-order valence-corrected chi connectivity index (χ0v) is 9.46. The molecule has 0 unspecified atom stereocenters. The average molecular weight is 224 g/mol. The van der Waals surface area contributed by atoms with Crippen LogP contribution in [0.1, 0.15) is 28.4 Å². The minimum atomic E-state index is -0.950. The van der Waals surface area contributed by atoms with Crippen LogP contribution in [0.5, 0.6) is 0 Å². The Bertz CT molecular complexity index is 438. The highest BCUT2D eigenvalue weighted by molar-refractivity contribution is 6.41. The Morgan fingerprint density at radius 2 is 1.94 bits per heavy atom. The van der Waals surface area contributed by atoms with E-state index in [1.807, 2.05) is 0 Å². The first kappa shape index (κ1) is 12.4. The normalized spacial score (nSPS) is 10.0. The minimum absolute atomic E-state index is 0.0570. The van der Waals surface area contributed by atoms with Gasteiger partial charge in [0.05, 0.1) is 6.61 Å². The molecule has 1 aromatic rings. The fraction of sp³-hybridized carbons (Fsp3) is 0.333. The summed E-state index contributed by atoms with van der Waals surface area (Å²) in [6, 6.07) is 2.90. The molecule has 4 heteroatoms. The molecule has 1 aromatic carbocycles. The summed E-state index contributed by atoms with van der Waals surface area (Å²) in [7, 11) is 0. The smallest absolute Gasteiger partial charge is 0.379 e. The standard InChI is InChI=1S/C12H13FO3/c1-4-16-12(15)11(14)9-6-5-7(2)10(13)8(9)3/h5-6H,4H2,1-3H3. The lowest BCUT2D eigenvalue weighted by Gasteiger charge is -2.07. The summed E-state index contributed by atoms with van der Waals surface area (Å²) < 4.78 is 18.1. The lowest BCUT2D eigenvalue weighted by molar-refractivity contribution is -0.137. The molecule has 0 bridgehead atoms. The van der Waals surface area contributed by atoms with E-state index in [0.29, 0.717) is 5.56 Å². The molecular formula is C12H13FO3. The Labute approximate surface area is 93.2 Å². The van der Waals surface area contributed by atoms with Gasteiger partial charge < -0.3 is 4.74 Å². The van der Waals surface area contributed by atoms with Crippen molar-refractivity contribution in [3.63, 3.8) is 0 Å². The zero-order valence-electron chi connectivity index (χ0n) is 9.46. The molecule has 16 heavy (non-hydrogen) atoms. The lowest BCUT2D eigenvalue weighted by atomic mass is 10.0. The third-order valence-corrected chi connectivity index (χ3v) is 2.28. The molecule has 0 spiro atoms. The number of benzene rings is 1. The van der Waals surface area contributed by atoms with Crippen molar-refractivity contribution in [2.75, 3.05) is 6.61 Å². The number of carbonyl (C=O) groups is 2. The first-order valence-electron chi connectivity index (χ1n) is 4.96. The summed E-state index contributed by atoms with van der Waals surface area (Å²) >= 11 is 0. The van der Waals surface area contributed by atoms with Crippen LogP contribution < -0.4 is 0 Å². The van der Waals surface area contributed by atoms with Crippen molar-refractivity contribution in [2.24, 2.45) is 0 Å². The van der Waals surface area contributed by atoms with Gasteiger partial charge in [-0.1, -0.05) is 12.1 Å². The molecule has 1 rings (SSSR count). The van der Waals surface area contributed by atoms with Gasteiger partial charge in [0.2, 0.25) is 0 Å². The van der Waals surface area contributed by atoms with Crippen molar-refractivity contribution >= 4 is 11.8 Å². The van der Waals surface area contributed by atoms with Crippen LogP contribution in [0.4, 0.5) is 4.39 Å². The Hall–Kier alpha value is -1.71. The molecule has 0 aliphatic heterocycles. The molecule has 0 saturated carbocycles. The Morgan fingerprint density at radius 1 is 1.31 bits per heavy atom. The third kappa shape index (κ3) is 2.27. The third-order valence-electron chi connectivity index (χ3n) is 2.28. The van der Waals surface area contributed by atoms with Gasteiger partial charge in [0, 0.05) is 5.56 Å². The topological polar surface area (TPSA) is 43.4 Å². The van der Waals surface area contributed by atoms with E-state index in [2.05, 4.69) is 4.74 Å². The average Bonchev–Trinajstić information content (AvgIpc) is 2.26. The number of hydrogen-bond acceptors (Lipinski definition) is 3. The van der Waals surface area contributed by atoms with Crippen LogP contribution in [0.3, 0.4) is 0 Å². The summed E-state index contributed by atoms with van der Waals surface area (Å²) in [4.78, 5) is 22.8. The lowest BCUT2D eigenvalue weighted by Crippen LogP contribution is -2.19. The molecule has 3 nitrogen and oxygen atoms in total. The molecule has 0 heterocycles. The first-order valence-corrected chi connectivity index (χ1v) is 4.96. The summed E-state index contributed by atoms with van der Waals surface area (Å²) in [6.07, 6.45) is 0. The molecule has 0 aliphatic carbocycles. The zero-order chi connectivity index (χ0) is 12.3. The van der Waals surface area contributed by atoms with Gasteiger partial charge in [-0.3, -0.25) is 4.79 Å². The number of rotatable bonds is 3. The SMILES string of the molecule is CCOC(=O)C(=O)c1ccc(C)c(F)c1C. The summed E-state index contributed by atoms with van der Waals surface area (Å²) in [5, 5.41) is 0. The van der Waals surface area contributed by atoms with Gasteiger partial charge in [0.1, 0.15) is 5.82 Å². The number of ketones is 1.